The maximum absolute atomic E-state index is 9.70. The summed E-state index contributed by atoms with van der Waals surface area (Å²) in [4.78, 5) is 0. The molecule has 3 rings (SSSR count). The van der Waals surface area contributed by atoms with Crippen molar-refractivity contribution >= 4 is 10.9 Å². The Balaban J connectivity index is 2.37. The van der Waals surface area contributed by atoms with Gasteiger partial charge in [-0.05, 0) is 49.7 Å². The van der Waals surface area contributed by atoms with Crippen LogP contribution in [-0.2, 0) is 6.54 Å². The first-order valence-corrected chi connectivity index (χ1v) is 6.73. The van der Waals surface area contributed by atoms with Gasteiger partial charge in [0.25, 0.3) is 0 Å². The Morgan fingerprint density at radius 1 is 1.00 bits per heavy atom. The Hall–Kier alpha value is -2.42. The predicted molar refractivity (Wildman–Crippen MR) is 81.1 cm³/mol. The number of phenols is 2. The summed E-state index contributed by atoms with van der Waals surface area (Å²) in [5.41, 5.74) is 4.29. The molecule has 0 saturated carbocycles. The largest absolute Gasteiger partial charge is 0.508 e. The van der Waals surface area contributed by atoms with Gasteiger partial charge in [-0.3, -0.25) is 0 Å². The summed E-state index contributed by atoms with van der Waals surface area (Å²) < 4.78 is 2.21. The van der Waals surface area contributed by atoms with E-state index in [-0.39, 0.29) is 11.5 Å². The van der Waals surface area contributed by atoms with Crippen LogP contribution in [0, 0.1) is 6.92 Å². The van der Waals surface area contributed by atoms with Crippen molar-refractivity contribution in [3.8, 4) is 22.8 Å². The standard InChI is InChI=1S/C17H17NO2/c1-3-18-16-8-7-14(20)10-15(16)11(2)17(18)12-5-4-6-13(19)9-12/h4-10,19-20H,3H2,1-2H3. The van der Waals surface area contributed by atoms with Crippen LogP contribution in [0.25, 0.3) is 22.2 Å². The third-order valence-electron chi connectivity index (χ3n) is 3.74. The molecule has 102 valence electrons. The Morgan fingerprint density at radius 3 is 2.45 bits per heavy atom. The predicted octanol–water partition coefficient (Wildman–Crippen LogP) is 4.05. The van der Waals surface area contributed by atoms with Crippen LogP contribution in [0.5, 0.6) is 11.5 Å². The molecule has 20 heavy (non-hydrogen) atoms. The molecule has 3 aromatic rings. The summed E-state index contributed by atoms with van der Waals surface area (Å²) in [5.74, 6) is 0.536. The second kappa shape index (κ2) is 4.60. The third kappa shape index (κ3) is 1.83. The number of aromatic nitrogens is 1. The minimum absolute atomic E-state index is 0.262. The number of aromatic hydroxyl groups is 2. The van der Waals surface area contributed by atoms with Crippen molar-refractivity contribution in [1.29, 1.82) is 0 Å². The molecule has 0 spiro atoms. The first-order chi connectivity index (χ1) is 9.61. The van der Waals surface area contributed by atoms with Crippen LogP contribution >= 0.6 is 0 Å². The number of phenolic OH excluding ortho intramolecular Hbond substituents is 2. The van der Waals surface area contributed by atoms with Gasteiger partial charge in [0.2, 0.25) is 0 Å². The Labute approximate surface area is 117 Å². The Kier molecular flexibility index (Phi) is 2.90. The lowest BCUT2D eigenvalue weighted by Gasteiger charge is -2.09. The molecule has 2 N–H and O–H groups in total. The molecule has 0 amide bonds. The van der Waals surface area contributed by atoms with Gasteiger partial charge in [-0.1, -0.05) is 12.1 Å². The van der Waals surface area contributed by atoms with Crippen LogP contribution in [0.3, 0.4) is 0 Å². The topological polar surface area (TPSA) is 45.4 Å². The summed E-state index contributed by atoms with van der Waals surface area (Å²) in [6.45, 7) is 4.98. The van der Waals surface area contributed by atoms with Crippen molar-refractivity contribution in [2.24, 2.45) is 0 Å². The highest BCUT2D eigenvalue weighted by atomic mass is 16.3. The van der Waals surface area contributed by atoms with Gasteiger partial charge in [0.1, 0.15) is 11.5 Å². The average Bonchev–Trinajstić information content (AvgIpc) is 2.71. The fraction of sp³-hybridized carbons (Fsp3) is 0.176. The van der Waals surface area contributed by atoms with E-state index in [1.54, 1.807) is 24.3 Å². The molecular weight excluding hydrogens is 250 g/mol. The number of aryl methyl sites for hydroxylation is 2. The van der Waals surface area contributed by atoms with Crippen molar-refractivity contribution in [2.45, 2.75) is 20.4 Å². The first-order valence-electron chi connectivity index (χ1n) is 6.73. The third-order valence-corrected chi connectivity index (χ3v) is 3.74. The van der Waals surface area contributed by atoms with Crippen molar-refractivity contribution < 1.29 is 10.2 Å². The highest BCUT2D eigenvalue weighted by Crippen LogP contribution is 2.35. The molecule has 0 radical (unpaired) electrons. The molecule has 2 aromatic carbocycles. The smallest absolute Gasteiger partial charge is 0.116 e. The number of rotatable bonds is 2. The second-order valence-corrected chi connectivity index (χ2v) is 4.97. The fourth-order valence-corrected chi connectivity index (χ4v) is 2.86. The lowest BCUT2D eigenvalue weighted by molar-refractivity contribution is 0.475. The summed E-state index contributed by atoms with van der Waals surface area (Å²) in [5, 5.41) is 20.4. The maximum atomic E-state index is 9.70. The number of hydrogen-bond donors (Lipinski definition) is 2. The van der Waals surface area contributed by atoms with E-state index < -0.39 is 0 Å². The summed E-state index contributed by atoms with van der Waals surface area (Å²) >= 11 is 0. The van der Waals surface area contributed by atoms with Crippen LogP contribution in [0.2, 0.25) is 0 Å². The van der Waals surface area contributed by atoms with Gasteiger partial charge < -0.3 is 14.8 Å². The van der Waals surface area contributed by atoms with Crippen molar-refractivity contribution in [3.63, 3.8) is 0 Å². The molecule has 0 saturated heterocycles. The molecule has 3 heteroatoms. The zero-order valence-electron chi connectivity index (χ0n) is 11.6. The Morgan fingerprint density at radius 2 is 1.75 bits per heavy atom. The lowest BCUT2D eigenvalue weighted by Crippen LogP contribution is -1.97. The first kappa shape index (κ1) is 12.6. The van der Waals surface area contributed by atoms with Gasteiger partial charge in [-0.25, -0.2) is 0 Å². The highest BCUT2D eigenvalue weighted by Gasteiger charge is 2.15. The van der Waals surface area contributed by atoms with Gasteiger partial charge >= 0.3 is 0 Å². The van der Waals surface area contributed by atoms with E-state index in [1.165, 1.54) is 0 Å². The van der Waals surface area contributed by atoms with Crippen LogP contribution in [-0.4, -0.2) is 14.8 Å². The van der Waals surface area contributed by atoms with Crippen LogP contribution in [0.4, 0.5) is 0 Å². The van der Waals surface area contributed by atoms with Gasteiger partial charge in [0.05, 0.1) is 5.69 Å². The van der Waals surface area contributed by atoms with Crippen LogP contribution < -0.4 is 0 Å². The van der Waals surface area contributed by atoms with Crippen molar-refractivity contribution in [2.75, 3.05) is 0 Å². The van der Waals surface area contributed by atoms with Gasteiger partial charge in [-0.15, -0.1) is 0 Å². The molecule has 3 nitrogen and oxygen atoms in total. The summed E-state index contributed by atoms with van der Waals surface area (Å²) in [7, 11) is 0. The summed E-state index contributed by atoms with van der Waals surface area (Å²) in [6, 6.07) is 12.7. The summed E-state index contributed by atoms with van der Waals surface area (Å²) in [6.07, 6.45) is 0. The molecule has 0 aliphatic carbocycles. The minimum Gasteiger partial charge on any atom is -0.508 e. The molecule has 0 fully saturated rings. The van der Waals surface area contributed by atoms with Gasteiger partial charge in [0.15, 0.2) is 0 Å². The molecule has 0 unspecified atom stereocenters. The SMILES string of the molecule is CCn1c(-c2cccc(O)c2)c(C)c2cc(O)ccc21. The fourth-order valence-electron chi connectivity index (χ4n) is 2.86. The number of nitrogens with zero attached hydrogens (tertiary/aromatic N) is 1. The molecule has 0 aliphatic heterocycles. The second-order valence-electron chi connectivity index (χ2n) is 4.97. The van der Waals surface area contributed by atoms with Crippen LogP contribution in [0.15, 0.2) is 42.5 Å². The molecule has 0 bridgehead atoms. The van der Waals surface area contributed by atoms with E-state index in [0.29, 0.717) is 0 Å². The van der Waals surface area contributed by atoms with E-state index in [2.05, 4.69) is 11.5 Å². The quantitative estimate of drug-likeness (QED) is 0.735. The Bertz CT molecular complexity index is 787. The minimum atomic E-state index is 0.262. The van der Waals surface area contributed by atoms with E-state index in [9.17, 15) is 10.2 Å². The normalized spacial score (nSPS) is 11.1. The van der Waals surface area contributed by atoms with Gasteiger partial charge in [0, 0.05) is 23.0 Å². The molecule has 0 aliphatic rings. The molecular formula is C17H17NO2. The zero-order valence-corrected chi connectivity index (χ0v) is 11.6. The van der Waals surface area contributed by atoms with E-state index in [1.807, 2.05) is 25.1 Å². The number of hydrogen-bond acceptors (Lipinski definition) is 2. The molecule has 1 aromatic heterocycles. The molecule has 1 heterocycles. The molecule has 0 atom stereocenters. The highest BCUT2D eigenvalue weighted by molar-refractivity contribution is 5.92. The number of benzene rings is 2. The van der Waals surface area contributed by atoms with Crippen LogP contribution in [0.1, 0.15) is 12.5 Å². The zero-order chi connectivity index (χ0) is 14.3. The van der Waals surface area contributed by atoms with Crippen molar-refractivity contribution in [1.82, 2.24) is 4.57 Å². The maximum Gasteiger partial charge on any atom is 0.116 e. The number of fused-ring (bicyclic) bond motifs is 1. The van der Waals surface area contributed by atoms with E-state index in [0.717, 1.165) is 34.3 Å². The van der Waals surface area contributed by atoms with Gasteiger partial charge in [-0.2, -0.15) is 0 Å². The average molecular weight is 267 g/mol. The van der Waals surface area contributed by atoms with Crippen molar-refractivity contribution in [3.05, 3.63) is 48.0 Å². The van der Waals surface area contributed by atoms with E-state index >= 15 is 0 Å². The van der Waals surface area contributed by atoms with E-state index in [4.69, 9.17) is 0 Å². The monoisotopic (exact) mass is 267 g/mol. The lowest BCUT2D eigenvalue weighted by atomic mass is 10.1.